The maximum Gasteiger partial charge on any atom is 0.237 e. The smallest absolute Gasteiger partial charge is 0.237 e. The van der Waals surface area contributed by atoms with Crippen LogP contribution in [0, 0.1) is 5.82 Å². The molecule has 1 atom stereocenters. The van der Waals surface area contributed by atoms with Crippen LogP contribution in [0.2, 0.25) is 0 Å². The Balaban J connectivity index is 2.18. The molecule has 0 aliphatic heterocycles. The Kier molecular flexibility index (Phi) is 3.62. The van der Waals surface area contributed by atoms with Crippen molar-refractivity contribution in [2.75, 3.05) is 6.54 Å². The van der Waals surface area contributed by atoms with Crippen molar-refractivity contribution in [1.82, 2.24) is 9.72 Å². The summed E-state index contributed by atoms with van der Waals surface area (Å²) < 4.78 is 14.8. The van der Waals surface area contributed by atoms with Crippen molar-refractivity contribution < 1.29 is 14.0 Å². The highest BCUT2D eigenvalue weighted by Gasteiger charge is 2.14. The molecule has 1 amide bonds. The standard InChI is InChI=1S/C13H14FN3O2/c1-8(15)13(19)16-7-12(18)10-3-5-17-4-2-9(14)6-11(10)17/h2-6,8H,7,15H2,1H3,(H,16,19)/t8-/m0/s1. The van der Waals surface area contributed by atoms with Crippen LogP contribution in [0.5, 0.6) is 0 Å². The van der Waals surface area contributed by atoms with E-state index in [1.165, 1.54) is 25.3 Å². The number of ketones is 1. The highest BCUT2D eigenvalue weighted by atomic mass is 19.1. The number of rotatable bonds is 4. The van der Waals surface area contributed by atoms with Crippen molar-refractivity contribution in [1.29, 1.82) is 0 Å². The lowest BCUT2D eigenvalue weighted by molar-refractivity contribution is -0.121. The highest BCUT2D eigenvalue weighted by molar-refractivity contribution is 6.05. The number of amides is 1. The van der Waals surface area contributed by atoms with Crippen LogP contribution in [0.25, 0.3) is 5.52 Å². The third-order valence-corrected chi connectivity index (χ3v) is 2.76. The molecule has 19 heavy (non-hydrogen) atoms. The maximum absolute atomic E-state index is 13.2. The van der Waals surface area contributed by atoms with Gasteiger partial charge in [0, 0.05) is 18.0 Å². The number of carbonyl (C=O) groups excluding carboxylic acids is 2. The van der Waals surface area contributed by atoms with Gasteiger partial charge >= 0.3 is 0 Å². The Morgan fingerprint density at radius 2 is 2.11 bits per heavy atom. The molecule has 0 saturated carbocycles. The molecule has 2 aromatic rings. The Hall–Kier alpha value is -2.21. The summed E-state index contributed by atoms with van der Waals surface area (Å²) in [5.41, 5.74) is 6.21. The minimum Gasteiger partial charge on any atom is -0.347 e. The molecular weight excluding hydrogens is 249 g/mol. The van der Waals surface area contributed by atoms with Crippen molar-refractivity contribution in [3.05, 3.63) is 42.0 Å². The number of aromatic nitrogens is 1. The van der Waals surface area contributed by atoms with Gasteiger partial charge < -0.3 is 15.5 Å². The van der Waals surface area contributed by atoms with Crippen molar-refractivity contribution in [2.45, 2.75) is 13.0 Å². The van der Waals surface area contributed by atoms with E-state index in [1.807, 2.05) is 0 Å². The summed E-state index contributed by atoms with van der Waals surface area (Å²) in [6.07, 6.45) is 3.19. The fourth-order valence-corrected chi connectivity index (χ4v) is 1.73. The molecule has 0 unspecified atom stereocenters. The van der Waals surface area contributed by atoms with Crippen LogP contribution in [0.3, 0.4) is 0 Å². The molecule has 5 nitrogen and oxygen atoms in total. The average molecular weight is 263 g/mol. The first-order chi connectivity index (χ1) is 8.99. The highest BCUT2D eigenvalue weighted by Crippen LogP contribution is 2.14. The molecule has 3 N–H and O–H groups in total. The molecule has 0 saturated heterocycles. The van der Waals surface area contributed by atoms with Gasteiger partial charge in [-0.1, -0.05) is 0 Å². The Morgan fingerprint density at radius 1 is 1.42 bits per heavy atom. The number of halogens is 1. The second-order valence-corrected chi connectivity index (χ2v) is 4.30. The van der Waals surface area contributed by atoms with E-state index in [4.69, 9.17) is 5.73 Å². The zero-order chi connectivity index (χ0) is 14.0. The number of nitrogens with one attached hydrogen (secondary N) is 1. The summed E-state index contributed by atoms with van der Waals surface area (Å²) in [6, 6.07) is 3.51. The molecule has 2 aromatic heterocycles. The van der Waals surface area contributed by atoms with Gasteiger partial charge in [-0.2, -0.15) is 0 Å². The molecular formula is C13H14FN3O2. The van der Waals surface area contributed by atoms with Crippen molar-refractivity contribution in [2.24, 2.45) is 5.73 Å². The Labute approximate surface area is 109 Å². The molecule has 0 fully saturated rings. The molecule has 6 heteroatoms. The van der Waals surface area contributed by atoms with Gasteiger partial charge in [0.15, 0.2) is 5.78 Å². The number of pyridine rings is 1. The van der Waals surface area contributed by atoms with Crippen molar-refractivity contribution in [3.63, 3.8) is 0 Å². The summed E-state index contributed by atoms with van der Waals surface area (Å²) in [6.45, 7) is 1.37. The normalized spacial score (nSPS) is 12.4. The van der Waals surface area contributed by atoms with E-state index in [1.54, 1.807) is 16.7 Å². The lowest BCUT2D eigenvalue weighted by Crippen LogP contribution is -2.40. The minimum absolute atomic E-state index is 0.156. The number of nitrogens with zero attached hydrogens (tertiary/aromatic N) is 1. The van der Waals surface area contributed by atoms with E-state index in [0.29, 0.717) is 11.1 Å². The predicted molar refractivity (Wildman–Crippen MR) is 68.3 cm³/mol. The maximum atomic E-state index is 13.2. The van der Waals surface area contributed by atoms with Crippen molar-refractivity contribution in [3.8, 4) is 0 Å². The van der Waals surface area contributed by atoms with Crippen LogP contribution in [0.1, 0.15) is 17.3 Å². The van der Waals surface area contributed by atoms with Crippen LogP contribution in [0.4, 0.5) is 4.39 Å². The van der Waals surface area contributed by atoms with Gasteiger partial charge in [0.25, 0.3) is 0 Å². The average Bonchev–Trinajstić information content (AvgIpc) is 2.78. The molecule has 0 spiro atoms. The summed E-state index contributed by atoms with van der Waals surface area (Å²) in [5.74, 6) is -1.11. The molecule has 0 aliphatic rings. The topological polar surface area (TPSA) is 76.6 Å². The van der Waals surface area contributed by atoms with Gasteiger partial charge in [0.05, 0.1) is 18.1 Å². The van der Waals surface area contributed by atoms with Crippen LogP contribution in [-0.4, -0.2) is 28.7 Å². The summed E-state index contributed by atoms with van der Waals surface area (Å²) in [4.78, 5) is 23.2. The van der Waals surface area contributed by atoms with E-state index in [9.17, 15) is 14.0 Å². The minimum atomic E-state index is -0.670. The first-order valence-electron chi connectivity index (χ1n) is 5.82. The number of hydrogen-bond acceptors (Lipinski definition) is 3. The monoisotopic (exact) mass is 263 g/mol. The van der Waals surface area contributed by atoms with E-state index < -0.39 is 17.8 Å². The van der Waals surface area contributed by atoms with Gasteiger partial charge in [0.2, 0.25) is 5.91 Å². The van der Waals surface area contributed by atoms with Gasteiger partial charge in [-0.15, -0.1) is 0 Å². The quantitative estimate of drug-likeness (QED) is 0.798. The third kappa shape index (κ3) is 2.79. The number of fused-ring (bicyclic) bond motifs is 1. The summed E-state index contributed by atoms with van der Waals surface area (Å²) in [7, 11) is 0. The van der Waals surface area contributed by atoms with Crippen molar-refractivity contribution >= 4 is 17.2 Å². The molecule has 2 heterocycles. The number of hydrogen-bond donors (Lipinski definition) is 2. The fourth-order valence-electron chi connectivity index (χ4n) is 1.73. The molecule has 0 aromatic carbocycles. The largest absolute Gasteiger partial charge is 0.347 e. The number of Topliss-reactive ketones (excluding diaryl/α,β-unsaturated/α-hetero) is 1. The Morgan fingerprint density at radius 3 is 2.79 bits per heavy atom. The van der Waals surface area contributed by atoms with Crippen LogP contribution < -0.4 is 11.1 Å². The third-order valence-electron chi connectivity index (χ3n) is 2.76. The molecule has 0 aliphatic carbocycles. The van der Waals surface area contributed by atoms with Gasteiger partial charge in [-0.05, 0) is 25.1 Å². The van der Waals surface area contributed by atoms with E-state index in [2.05, 4.69) is 5.32 Å². The molecule has 0 bridgehead atoms. The Bertz CT molecular complexity index is 634. The molecule has 0 radical (unpaired) electrons. The van der Waals surface area contributed by atoms with E-state index >= 15 is 0 Å². The first-order valence-corrected chi connectivity index (χ1v) is 5.82. The number of nitrogens with two attached hydrogens (primary N) is 1. The zero-order valence-electron chi connectivity index (χ0n) is 10.4. The lowest BCUT2D eigenvalue weighted by Gasteiger charge is -2.06. The van der Waals surface area contributed by atoms with E-state index in [-0.39, 0.29) is 12.3 Å². The van der Waals surface area contributed by atoms with Gasteiger partial charge in [-0.3, -0.25) is 9.59 Å². The molecule has 2 rings (SSSR count). The van der Waals surface area contributed by atoms with Crippen LogP contribution in [0.15, 0.2) is 30.6 Å². The first kappa shape index (κ1) is 13.2. The fraction of sp³-hybridized carbons (Fsp3) is 0.231. The summed E-state index contributed by atoms with van der Waals surface area (Å²) in [5, 5.41) is 2.43. The SMILES string of the molecule is C[C@H](N)C(=O)NCC(=O)c1ccn2ccc(F)cc12. The lowest BCUT2D eigenvalue weighted by atomic mass is 10.1. The summed E-state index contributed by atoms with van der Waals surface area (Å²) >= 11 is 0. The second-order valence-electron chi connectivity index (χ2n) is 4.30. The number of carbonyl (C=O) groups is 2. The van der Waals surface area contributed by atoms with E-state index in [0.717, 1.165) is 0 Å². The van der Waals surface area contributed by atoms with Gasteiger partial charge in [-0.25, -0.2) is 4.39 Å². The van der Waals surface area contributed by atoms with Crippen LogP contribution >= 0.6 is 0 Å². The predicted octanol–water partition coefficient (Wildman–Crippen LogP) is 0.724. The zero-order valence-corrected chi connectivity index (χ0v) is 10.4. The van der Waals surface area contributed by atoms with Crippen LogP contribution in [-0.2, 0) is 4.79 Å². The molecule has 100 valence electrons. The second kappa shape index (κ2) is 5.19. The van der Waals surface area contributed by atoms with Gasteiger partial charge in [0.1, 0.15) is 5.82 Å².